The summed E-state index contributed by atoms with van der Waals surface area (Å²) in [7, 11) is 0. The SMILES string of the molecule is Brc1nc2c(c(NC3CCC3)n1)CNCC2. The van der Waals surface area contributed by atoms with E-state index in [4.69, 9.17) is 0 Å². The van der Waals surface area contributed by atoms with Crippen LogP contribution in [0.1, 0.15) is 30.5 Å². The second-order valence-electron chi connectivity index (χ2n) is 4.47. The molecular formula is C11H15BrN4. The maximum atomic E-state index is 4.46. The van der Waals surface area contributed by atoms with E-state index in [0.29, 0.717) is 10.8 Å². The fourth-order valence-electron chi connectivity index (χ4n) is 2.18. The average Bonchev–Trinajstić information content (AvgIpc) is 2.23. The number of nitrogens with zero attached hydrogens (tertiary/aromatic N) is 2. The van der Waals surface area contributed by atoms with Gasteiger partial charge in [0.1, 0.15) is 5.82 Å². The Morgan fingerprint density at radius 2 is 2.19 bits per heavy atom. The van der Waals surface area contributed by atoms with E-state index in [9.17, 15) is 0 Å². The van der Waals surface area contributed by atoms with Crippen LogP contribution in [-0.2, 0) is 13.0 Å². The van der Waals surface area contributed by atoms with Crippen LogP contribution in [0.3, 0.4) is 0 Å². The summed E-state index contributed by atoms with van der Waals surface area (Å²) in [6.45, 7) is 1.90. The van der Waals surface area contributed by atoms with Crippen LogP contribution in [0.2, 0.25) is 0 Å². The topological polar surface area (TPSA) is 49.8 Å². The normalized spacial score (nSPS) is 20.1. The van der Waals surface area contributed by atoms with Gasteiger partial charge in [0.2, 0.25) is 0 Å². The molecule has 1 fully saturated rings. The van der Waals surface area contributed by atoms with Crippen molar-refractivity contribution in [2.24, 2.45) is 0 Å². The highest BCUT2D eigenvalue weighted by molar-refractivity contribution is 9.10. The molecule has 16 heavy (non-hydrogen) atoms. The van der Waals surface area contributed by atoms with Gasteiger partial charge in [-0.25, -0.2) is 9.97 Å². The Balaban J connectivity index is 1.91. The second-order valence-corrected chi connectivity index (χ2v) is 5.17. The van der Waals surface area contributed by atoms with Crippen LogP contribution in [0.15, 0.2) is 4.73 Å². The Morgan fingerprint density at radius 1 is 1.31 bits per heavy atom. The van der Waals surface area contributed by atoms with Gasteiger partial charge in [-0.05, 0) is 35.2 Å². The van der Waals surface area contributed by atoms with E-state index < -0.39 is 0 Å². The van der Waals surface area contributed by atoms with Crippen LogP contribution in [0.25, 0.3) is 0 Å². The standard InChI is InChI=1S/C11H15BrN4/c12-11-15-9-4-5-13-6-8(9)10(16-11)14-7-2-1-3-7/h7,13H,1-6H2,(H,14,15,16). The van der Waals surface area contributed by atoms with E-state index >= 15 is 0 Å². The van der Waals surface area contributed by atoms with Crippen molar-refractivity contribution in [2.75, 3.05) is 11.9 Å². The zero-order valence-electron chi connectivity index (χ0n) is 9.09. The van der Waals surface area contributed by atoms with Gasteiger partial charge in [0, 0.05) is 31.1 Å². The van der Waals surface area contributed by atoms with Crippen LogP contribution in [0.4, 0.5) is 5.82 Å². The number of aromatic nitrogens is 2. The summed E-state index contributed by atoms with van der Waals surface area (Å²) in [5.41, 5.74) is 2.43. The van der Waals surface area contributed by atoms with Gasteiger partial charge < -0.3 is 10.6 Å². The lowest BCUT2D eigenvalue weighted by Crippen LogP contribution is -2.31. The monoisotopic (exact) mass is 282 g/mol. The molecule has 1 aliphatic heterocycles. The summed E-state index contributed by atoms with van der Waals surface area (Å²) in [6, 6.07) is 0.618. The van der Waals surface area contributed by atoms with Gasteiger partial charge in [-0.3, -0.25) is 0 Å². The van der Waals surface area contributed by atoms with Crippen molar-refractivity contribution >= 4 is 21.7 Å². The molecule has 0 unspecified atom stereocenters. The molecule has 1 aromatic heterocycles. The molecule has 0 saturated heterocycles. The molecule has 2 aliphatic rings. The first-order valence-electron chi connectivity index (χ1n) is 5.85. The zero-order chi connectivity index (χ0) is 11.0. The Morgan fingerprint density at radius 3 is 2.94 bits per heavy atom. The molecule has 2 heterocycles. The molecule has 1 aliphatic carbocycles. The van der Waals surface area contributed by atoms with Gasteiger partial charge in [0.15, 0.2) is 4.73 Å². The first-order chi connectivity index (χ1) is 7.83. The lowest BCUT2D eigenvalue weighted by atomic mass is 9.93. The Kier molecular flexibility index (Phi) is 2.81. The third-order valence-corrected chi connectivity index (χ3v) is 3.71. The maximum absolute atomic E-state index is 4.46. The molecule has 0 spiro atoms. The largest absolute Gasteiger partial charge is 0.367 e. The number of hydrogen-bond donors (Lipinski definition) is 2. The fraction of sp³-hybridized carbons (Fsp3) is 0.636. The van der Waals surface area contributed by atoms with E-state index in [1.165, 1.54) is 30.5 Å². The van der Waals surface area contributed by atoms with Gasteiger partial charge in [0.05, 0.1) is 5.69 Å². The number of halogens is 1. The quantitative estimate of drug-likeness (QED) is 0.813. The van der Waals surface area contributed by atoms with Crippen molar-refractivity contribution in [1.82, 2.24) is 15.3 Å². The summed E-state index contributed by atoms with van der Waals surface area (Å²) >= 11 is 3.39. The van der Waals surface area contributed by atoms with E-state index in [0.717, 1.165) is 25.3 Å². The number of hydrogen-bond acceptors (Lipinski definition) is 4. The molecule has 4 nitrogen and oxygen atoms in total. The predicted octanol–water partition coefficient (Wildman–Crippen LogP) is 1.85. The number of fused-ring (bicyclic) bond motifs is 1. The molecule has 0 amide bonds. The van der Waals surface area contributed by atoms with Gasteiger partial charge in [0.25, 0.3) is 0 Å². The number of anilines is 1. The van der Waals surface area contributed by atoms with Crippen LogP contribution >= 0.6 is 15.9 Å². The smallest absolute Gasteiger partial charge is 0.198 e. The maximum Gasteiger partial charge on any atom is 0.198 e. The zero-order valence-corrected chi connectivity index (χ0v) is 10.7. The van der Waals surface area contributed by atoms with Crippen LogP contribution < -0.4 is 10.6 Å². The third kappa shape index (κ3) is 1.94. The average molecular weight is 283 g/mol. The first kappa shape index (κ1) is 10.5. The lowest BCUT2D eigenvalue weighted by Gasteiger charge is -2.29. The molecule has 86 valence electrons. The van der Waals surface area contributed by atoms with Crippen molar-refractivity contribution < 1.29 is 0 Å². The van der Waals surface area contributed by atoms with E-state index in [-0.39, 0.29) is 0 Å². The first-order valence-corrected chi connectivity index (χ1v) is 6.65. The second kappa shape index (κ2) is 4.30. The van der Waals surface area contributed by atoms with Crippen molar-refractivity contribution in [2.45, 2.75) is 38.3 Å². The highest BCUT2D eigenvalue weighted by Crippen LogP contribution is 2.27. The molecule has 0 aromatic carbocycles. The minimum atomic E-state index is 0.618. The molecule has 0 atom stereocenters. The van der Waals surface area contributed by atoms with Crippen molar-refractivity contribution in [3.05, 3.63) is 16.0 Å². The lowest BCUT2D eigenvalue weighted by molar-refractivity contribution is 0.443. The molecule has 1 saturated carbocycles. The van der Waals surface area contributed by atoms with Crippen molar-refractivity contribution in [3.8, 4) is 0 Å². The van der Waals surface area contributed by atoms with Crippen LogP contribution in [0.5, 0.6) is 0 Å². The summed E-state index contributed by atoms with van der Waals surface area (Å²) in [5, 5.41) is 6.90. The van der Waals surface area contributed by atoms with E-state index in [2.05, 4.69) is 36.5 Å². The summed E-state index contributed by atoms with van der Waals surface area (Å²) in [6.07, 6.45) is 4.87. The van der Waals surface area contributed by atoms with Gasteiger partial charge in [-0.2, -0.15) is 0 Å². The summed E-state index contributed by atoms with van der Waals surface area (Å²) < 4.78 is 0.704. The van der Waals surface area contributed by atoms with Crippen molar-refractivity contribution in [3.63, 3.8) is 0 Å². The van der Waals surface area contributed by atoms with Crippen LogP contribution in [-0.4, -0.2) is 22.6 Å². The number of nitrogens with one attached hydrogen (secondary N) is 2. The minimum absolute atomic E-state index is 0.618. The van der Waals surface area contributed by atoms with E-state index in [1.54, 1.807) is 0 Å². The Hall–Kier alpha value is -0.680. The summed E-state index contributed by atoms with van der Waals surface area (Å²) in [4.78, 5) is 8.91. The molecule has 1 aromatic rings. The Bertz CT molecular complexity index is 403. The highest BCUT2D eigenvalue weighted by atomic mass is 79.9. The van der Waals surface area contributed by atoms with Gasteiger partial charge >= 0.3 is 0 Å². The molecule has 0 radical (unpaired) electrons. The van der Waals surface area contributed by atoms with Gasteiger partial charge in [-0.1, -0.05) is 0 Å². The fourth-order valence-corrected chi connectivity index (χ4v) is 2.57. The minimum Gasteiger partial charge on any atom is -0.367 e. The van der Waals surface area contributed by atoms with Crippen molar-refractivity contribution in [1.29, 1.82) is 0 Å². The highest BCUT2D eigenvalue weighted by Gasteiger charge is 2.22. The Labute approximate surface area is 103 Å². The van der Waals surface area contributed by atoms with E-state index in [1.807, 2.05) is 0 Å². The van der Waals surface area contributed by atoms with Gasteiger partial charge in [-0.15, -0.1) is 0 Å². The molecule has 3 rings (SSSR count). The van der Waals surface area contributed by atoms with Crippen LogP contribution in [0, 0.1) is 0 Å². The molecular weight excluding hydrogens is 268 g/mol. The molecule has 2 N–H and O–H groups in total. The number of rotatable bonds is 2. The summed E-state index contributed by atoms with van der Waals surface area (Å²) in [5.74, 6) is 1.02. The molecule has 5 heteroatoms. The molecule has 0 bridgehead atoms. The third-order valence-electron chi connectivity index (χ3n) is 3.35. The predicted molar refractivity (Wildman–Crippen MR) is 66.4 cm³/mol.